The van der Waals surface area contributed by atoms with Crippen LogP contribution in [0.5, 0.6) is 0 Å². The van der Waals surface area contributed by atoms with Crippen molar-refractivity contribution in [1.82, 2.24) is 0 Å². The van der Waals surface area contributed by atoms with Gasteiger partial charge in [0.1, 0.15) is 6.10 Å². The van der Waals surface area contributed by atoms with E-state index in [1.165, 1.54) is 0 Å². The molecule has 0 saturated heterocycles. The zero-order valence-electron chi connectivity index (χ0n) is 7.71. The van der Waals surface area contributed by atoms with Gasteiger partial charge in [-0.25, -0.2) is 4.89 Å². The molecule has 0 aromatic carbocycles. The smallest absolute Gasteiger partial charge is 0.123 e. The molecule has 0 rings (SSSR count). The molecule has 0 aromatic rings. The van der Waals surface area contributed by atoms with E-state index in [9.17, 15) is 0 Å². The second-order valence-electron chi connectivity index (χ2n) is 2.98. The molecule has 0 aliphatic carbocycles. The van der Waals surface area contributed by atoms with Crippen LogP contribution < -0.4 is 0 Å². The second-order valence-corrected chi connectivity index (χ2v) is 2.98. The van der Waals surface area contributed by atoms with E-state index in [0.717, 1.165) is 11.1 Å². The van der Waals surface area contributed by atoms with Gasteiger partial charge >= 0.3 is 0 Å². The summed E-state index contributed by atoms with van der Waals surface area (Å²) in [6.07, 6.45) is 1.26. The first-order valence-electron chi connectivity index (χ1n) is 3.78. The van der Waals surface area contributed by atoms with Gasteiger partial charge < -0.3 is 0 Å². The summed E-state index contributed by atoms with van der Waals surface area (Å²) in [5.74, 6) is -0.0764. The highest BCUT2D eigenvalue weighted by Crippen LogP contribution is 2.21. The molecular weight excluding hydrogens is 152 g/mol. The monoisotopic (exact) mass is 168 g/mol. The Morgan fingerprint density at radius 1 is 1.33 bits per heavy atom. The van der Waals surface area contributed by atoms with Gasteiger partial charge in [-0.2, -0.15) is 0 Å². The van der Waals surface area contributed by atoms with Crippen LogP contribution in [0.2, 0.25) is 0 Å². The third-order valence-electron chi connectivity index (χ3n) is 1.75. The van der Waals surface area contributed by atoms with E-state index in [-0.39, 0.29) is 5.92 Å². The predicted molar refractivity (Wildman–Crippen MR) is 50.8 cm³/mol. The molecule has 0 spiro atoms. The van der Waals surface area contributed by atoms with Crippen LogP contribution in [0.25, 0.3) is 0 Å². The fraction of sp³-hybridized carbons (Fsp3) is 0.400. The van der Waals surface area contributed by atoms with E-state index in [2.05, 4.69) is 24.6 Å². The summed E-state index contributed by atoms with van der Waals surface area (Å²) in [5.41, 5.74) is 1.65. The Morgan fingerprint density at radius 2 is 1.83 bits per heavy atom. The van der Waals surface area contributed by atoms with Crippen LogP contribution in [0.4, 0.5) is 0 Å². The summed E-state index contributed by atoms with van der Waals surface area (Å²) in [4.78, 5) is 4.29. The molecule has 0 heterocycles. The van der Waals surface area contributed by atoms with Crippen molar-refractivity contribution in [3.05, 3.63) is 37.0 Å². The van der Waals surface area contributed by atoms with Crippen molar-refractivity contribution in [2.45, 2.75) is 20.0 Å². The van der Waals surface area contributed by atoms with Crippen molar-refractivity contribution in [1.29, 1.82) is 0 Å². The molecular formula is C10H16O2. The van der Waals surface area contributed by atoms with Gasteiger partial charge in [0.15, 0.2) is 0 Å². The normalized spacial score (nSPS) is 14.9. The molecule has 0 fully saturated rings. The zero-order valence-corrected chi connectivity index (χ0v) is 7.71. The SMILES string of the molecule is C=CC(C(=C)C)C(OO)C(=C)C. The van der Waals surface area contributed by atoms with Gasteiger partial charge in [0.2, 0.25) is 0 Å². The Kier molecular flexibility index (Phi) is 4.55. The summed E-state index contributed by atoms with van der Waals surface area (Å²) in [7, 11) is 0. The lowest BCUT2D eigenvalue weighted by molar-refractivity contribution is -0.273. The first kappa shape index (κ1) is 11.1. The maximum atomic E-state index is 8.60. The molecule has 0 amide bonds. The average Bonchev–Trinajstić information content (AvgIpc) is 1.98. The van der Waals surface area contributed by atoms with Gasteiger partial charge in [0.05, 0.1) is 0 Å². The molecule has 0 bridgehead atoms. The third-order valence-corrected chi connectivity index (χ3v) is 1.75. The van der Waals surface area contributed by atoms with Crippen LogP contribution >= 0.6 is 0 Å². The minimum Gasteiger partial charge on any atom is -0.251 e. The molecule has 0 saturated carbocycles. The standard InChI is InChI=1S/C10H16O2/c1-6-9(7(2)3)10(12-11)8(4)5/h6,9-11H,1-2,4H2,3,5H3. The molecule has 68 valence electrons. The number of hydrogen-bond acceptors (Lipinski definition) is 2. The van der Waals surface area contributed by atoms with Crippen molar-refractivity contribution in [2.24, 2.45) is 5.92 Å². The lowest BCUT2D eigenvalue weighted by Crippen LogP contribution is -2.22. The van der Waals surface area contributed by atoms with Crippen LogP contribution in [0.3, 0.4) is 0 Å². The lowest BCUT2D eigenvalue weighted by atomic mass is 9.92. The van der Waals surface area contributed by atoms with E-state index >= 15 is 0 Å². The van der Waals surface area contributed by atoms with E-state index in [4.69, 9.17) is 5.26 Å². The Labute approximate surface area is 73.8 Å². The van der Waals surface area contributed by atoms with Gasteiger partial charge in [-0.15, -0.1) is 6.58 Å². The maximum Gasteiger partial charge on any atom is 0.123 e. The van der Waals surface area contributed by atoms with Crippen LogP contribution in [0.15, 0.2) is 37.0 Å². The van der Waals surface area contributed by atoms with E-state index in [0.29, 0.717) is 0 Å². The first-order chi connectivity index (χ1) is 5.54. The van der Waals surface area contributed by atoms with Crippen molar-refractivity contribution >= 4 is 0 Å². The molecule has 2 atom stereocenters. The molecule has 2 nitrogen and oxygen atoms in total. The van der Waals surface area contributed by atoms with Crippen LogP contribution in [0.1, 0.15) is 13.8 Å². The lowest BCUT2D eigenvalue weighted by Gasteiger charge is -2.21. The Morgan fingerprint density at radius 3 is 1.92 bits per heavy atom. The highest BCUT2D eigenvalue weighted by atomic mass is 17.1. The van der Waals surface area contributed by atoms with Crippen molar-refractivity contribution in [3.63, 3.8) is 0 Å². The zero-order chi connectivity index (χ0) is 9.72. The van der Waals surface area contributed by atoms with Crippen LogP contribution in [-0.4, -0.2) is 11.4 Å². The van der Waals surface area contributed by atoms with E-state index < -0.39 is 6.10 Å². The summed E-state index contributed by atoms with van der Waals surface area (Å²) < 4.78 is 0. The minimum atomic E-state index is -0.431. The topological polar surface area (TPSA) is 29.5 Å². The van der Waals surface area contributed by atoms with Crippen molar-refractivity contribution < 1.29 is 10.1 Å². The van der Waals surface area contributed by atoms with Crippen LogP contribution in [-0.2, 0) is 4.89 Å². The number of rotatable bonds is 5. The average molecular weight is 168 g/mol. The van der Waals surface area contributed by atoms with E-state index in [1.54, 1.807) is 13.0 Å². The maximum absolute atomic E-state index is 8.60. The summed E-state index contributed by atoms with van der Waals surface area (Å²) >= 11 is 0. The molecule has 2 heteroatoms. The largest absolute Gasteiger partial charge is 0.251 e. The highest BCUT2D eigenvalue weighted by Gasteiger charge is 2.20. The Bertz CT molecular complexity index is 194. The van der Waals surface area contributed by atoms with E-state index in [1.807, 2.05) is 6.92 Å². The van der Waals surface area contributed by atoms with Gasteiger partial charge in [-0.1, -0.05) is 24.8 Å². The fourth-order valence-electron chi connectivity index (χ4n) is 1.05. The molecule has 0 radical (unpaired) electrons. The van der Waals surface area contributed by atoms with Gasteiger partial charge in [-0.3, -0.25) is 5.26 Å². The molecule has 0 aliphatic rings. The minimum absolute atomic E-state index is 0.0764. The van der Waals surface area contributed by atoms with Gasteiger partial charge in [0.25, 0.3) is 0 Å². The number of hydrogen-bond donors (Lipinski definition) is 1. The van der Waals surface area contributed by atoms with Gasteiger partial charge in [0, 0.05) is 5.92 Å². The third kappa shape index (κ3) is 2.64. The molecule has 1 N–H and O–H groups in total. The van der Waals surface area contributed by atoms with Gasteiger partial charge in [-0.05, 0) is 19.4 Å². The van der Waals surface area contributed by atoms with Crippen molar-refractivity contribution in [3.8, 4) is 0 Å². The second kappa shape index (κ2) is 4.91. The summed E-state index contributed by atoms with van der Waals surface area (Å²) in [6, 6.07) is 0. The summed E-state index contributed by atoms with van der Waals surface area (Å²) in [5, 5.41) is 8.60. The highest BCUT2D eigenvalue weighted by molar-refractivity contribution is 5.15. The first-order valence-corrected chi connectivity index (χ1v) is 3.78. The molecule has 0 aromatic heterocycles. The fourth-order valence-corrected chi connectivity index (χ4v) is 1.05. The molecule has 12 heavy (non-hydrogen) atoms. The quantitative estimate of drug-likeness (QED) is 0.388. The molecule has 2 unspecified atom stereocenters. The predicted octanol–water partition coefficient (Wildman–Crippen LogP) is 2.80. The Balaban J connectivity index is 4.55. The van der Waals surface area contributed by atoms with Crippen LogP contribution in [0, 0.1) is 5.92 Å². The summed E-state index contributed by atoms with van der Waals surface area (Å²) in [6.45, 7) is 14.8. The Hall–Kier alpha value is -0.860. The molecule has 0 aliphatic heterocycles. The van der Waals surface area contributed by atoms with Crippen molar-refractivity contribution in [2.75, 3.05) is 0 Å².